The lowest BCUT2D eigenvalue weighted by Crippen LogP contribution is -1.93. The molecule has 2 heteroatoms. The van der Waals surface area contributed by atoms with E-state index in [9.17, 15) is 0 Å². The van der Waals surface area contributed by atoms with Gasteiger partial charge >= 0.3 is 0 Å². The van der Waals surface area contributed by atoms with Gasteiger partial charge in [0.15, 0.2) is 0 Å². The molecule has 1 atom stereocenters. The summed E-state index contributed by atoms with van der Waals surface area (Å²) in [5.41, 5.74) is 3.60. The largest absolute Gasteiger partial charge is 0.0622 e. The van der Waals surface area contributed by atoms with Gasteiger partial charge in [-0.05, 0) is 16.7 Å². The molecule has 0 saturated carbocycles. The van der Waals surface area contributed by atoms with Crippen LogP contribution in [0, 0.1) is 0 Å². The Kier molecular flexibility index (Phi) is 6.43. The SMILES string of the molecule is Br/C(=C\C(/C=C(/Br)c1ccccc1)c1ccccc1)c1ccccc1. The molecule has 0 aliphatic rings. The van der Waals surface area contributed by atoms with E-state index in [1.807, 2.05) is 18.2 Å². The smallest absolute Gasteiger partial charge is 0.0226 e. The van der Waals surface area contributed by atoms with Gasteiger partial charge in [0.1, 0.15) is 0 Å². The predicted molar refractivity (Wildman–Crippen MR) is 116 cm³/mol. The van der Waals surface area contributed by atoms with Gasteiger partial charge in [-0.15, -0.1) is 0 Å². The molecule has 1 unspecified atom stereocenters. The van der Waals surface area contributed by atoms with Crippen LogP contribution in [0.5, 0.6) is 0 Å². The Morgan fingerprint density at radius 1 is 0.560 bits per heavy atom. The topological polar surface area (TPSA) is 0 Å². The van der Waals surface area contributed by atoms with Crippen LogP contribution in [0.4, 0.5) is 0 Å². The lowest BCUT2D eigenvalue weighted by Gasteiger charge is -2.12. The quantitative estimate of drug-likeness (QED) is 0.372. The minimum absolute atomic E-state index is 0.158. The summed E-state index contributed by atoms with van der Waals surface area (Å²) in [5, 5.41) is 0. The van der Waals surface area contributed by atoms with Crippen molar-refractivity contribution in [3.05, 3.63) is 120 Å². The van der Waals surface area contributed by atoms with Crippen molar-refractivity contribution < 1.29 is 0 Å². The van der Waals surface area contributed by atoms with Gasteiger partial charge < -0.3 is 0 Å². The molecule has 0 amide bonds. The van der Waals surface area contributed by atoms with Crippen molar-refractivity contribution in [1.29, 1.82) is 0 Å². The summed E-state index contributed by atoms with van der Waals surface area (Å²) in [6, 6.07) is 31.2. The molecule has 0 aliphatic carbocycles. The normalized spacial score (nSPS) is 13.5. The second-order valence-electron chi connectivity index (χ2n) is 5.70. The molecule has 3 rings (SSSR count). The highest BCUT2D eigenvalue weighted by molar-refractivity contribution is 9.15. The first-order chi connectivity index (χ1) is 12.2. The van der Waals surface area contributed by atoms with Crippen LogP contribution >= 0.6 is 31.9 Å². The van der Waals surface area contributed by atoms with Crippen molar-refractivity contribution >= 4 is 40.8 Å². The fraction of sp³-hybridized carbons (Fsp3) is 0.0435. The number of rotatable bonds is 5. The van der Waals surface area contributed by atoms with Crippen molar-refractivity contribution in [2.45, 2.75) is 5.92 Å². The van der Waals surface area contributed by atoms with E-state index in [2.05, 4.69) is 117 Å². The van der Waals surface area contributed by atoms with E-state index in [1.165, 1.54) is 16.7 Å². The monoisotopic (exact) mass is 452 g/mol. The molecule has 0 heterocycles. The molecule has 25 heavy (non-hydrogen) atoms. The highest BCUT2D eigenvalue weighted by Gasteiger charge is 2.09. The molecule has 0 nitrogen and oxygen atoms in total. The summed E-state index contributed by atoms with van der Waals surface area (Å²) in [7, 11) is 0. The van der Waals surface area contributed by atoms with Gasteiger partial charge in [-0.3, -0.25) is 0 Å². The molecule has 0 fully saturated rings. The third-order valence-corrected chi connectivity index (χ3v) is 5.38. The van der Waals surface area contributed by atoms with Crippen LogP contribution in [0.25, 0.3) is 8.96 Å². The fourth-order valence-electron chi connectivity index (χ4n) is 2.62. The molecule has 0 saturated heterocycles. The van der Waals surface area contributed by atoms with Crippen molar-refractivity contribution in [3.8, 4) is 0 Å². The zero-order chi connectivity index (χ0) is 17.5. The summed E-state index contributed by atoms with van der Waals surface area (Å²) in [5.74, 6) is 0.158. The highest BCUT2D eigenvalue weighted by Crippen LogP contribution is 2.32. The molecule has 3 aromatic rings. The van der Waals surface area contributed by atoms with Crippen molar-refractivity contribution in [3.63, 3.8) is 0 Å². The van der Waals surface area contributed by atoms with Crippen molar-refractivity contribution in [2.24, 2.45) is 0 Å². The van der Waals surface area contributed by atoms with Gasteiger partial charge in [0.05, 0.1) is 0 Å². The first-order valence-electron chi connectivity index (χ1n) is 8.14. The standard InChI is InChI=1S/C23H18Br2/c24-22(19-12-6-2-7-13-19)16-21(18-10-4-1-5-11-18)17-23(25)20-14-8-3-9-15-20/h1-17,21H/b22-16-,23-17+. The minimum atomic E-state index is 0.158. The van der Waals surface area contributed by atoms with Crippen LogP contribution in [0.15, 0.2) is 103 Å². The average Bonchev–Trinajstić information content (AvgIpc) is 2.69. The lowest BCUT2D eigenvalue weighted by atomic mass is 9.96. The molecule has 124 valence electrons. The maximum atomic E-state index is 3.75. The predicted octanol–water partition coefficient (Wildman–Crippen LogP) is 7.64. The van der Waals surface area contributed by atoms with E-state index in [0.29, 0.717) is 0 Å². The number of halogens is 2. The van der Waals surface area contributed by atoms with Gasteiger partial charge in [-0.1, -0.05) is 135 Å². The average molecular weight is 454 g/mol. The Morgan fingerprint density at radius 2 is 0.920 bits per heavy atom. The summed E-state index contributed by atoms with van der Waals surface area (Å²) in [6.45, 7) is 0. The van der Waals surface area contributed by atoms with Gasteiger partial charge in [0.25, 0.3) is 0 Å². The Balaban J connectivity index is 1.99. The van der Waals surface area contributed by atoms with E-state index in [4.69, 9.17) is 0 Å². The van der Waals surface area contributed by atoms with E-state index in [-0.39, 0.29) is 5.92 Å². The zero-order valence-corrected chi connectivity index (χ0v) is 16.8. The molecular weight excluding hydrogens is 436 g/mol. The summed E-state index contributed by atoms with van der Waals surface area (Å²) in [4.78, 5) is 0. The minimum Gasteiger partial charge on any atom is -0.0622 e. The van der Waals surface area contributed by atoms with Gasteiger partial charge in [0.2, 0.25) is 0 Å². The summed E-state index contributed by atoms with van der Waals surface area (Å²) >= 11 is 7.49. The first-order valence-corrected chi connectivity index (χ1v) is 9.73. The molecular formula is C23H18Br2. The lowest BCUT2D eigenvalue weighted by molar-refractivity contribution is 1.09. The fourth-order valence-corrected chi connectivity index (χ4v) is 3.72. The maximum Gasteiger partial charge on any atom is 0.0226 e. The second-order valence-corrected chi connectivity index (χ2v) is 7.41. The van der Waals surface area contributed by atoms with Crippen LogP contribution in [-0.4, -0.2) is 0 Å². The molecule has 0 bridgehead atoms. The Hall–Kier alpha value is -1.90. The third-order valence-electron chi connectivity index (χ3n) is 3.94. The maximum absolute atomic E-state index is 3.75. The molecule has 0 spiro atoms. The first kappa shape index (κ1) is 17.9. The highest BCUT2D eigenvalue weighted by atomic mass is 79.9. The van der Waals surface area contributed by atoms with Crippen LogP contribution in [0.2, 0.25) is 0 Å². The van der Waals surface area contributed by atoms with Crippen LogP contribution in [-0.2, 0) is 0 Å². The number of hydrogen-bond acceptors (Lipinski definition) is 0. The molecule has 0 aromatic heterocycles. The Morgan fingerprint density at radius 3 is 1.32 bits per heavy atom. The van der Waals surface area contributed by atoms with Crippen LogP contribution < -0.4 is 0 Å². The van der Waals surface area contributed by atoms with E-state index in [0.717, 1.165) is 8.96 Å². The van der Waals surface area contributed by atoms with Crippen LogP contribution in [0.1, 0.15) is 22.6 Å². The van der Waals surface area contributed by atoms with Gasteiger partial charge in [-0.25, -0.2) is 0 Å². The zero-order valence-electron chi connectivity index (χ0n) is 13.6. The second kappa shape index (κ2) is 8.98. The molecule has 0 aliphatic heterocycles. The van der Waals surface area contributed by atoms with Gasteiger partial charge in [-0.2, -0.15) is 0 Å². The van der Waals surface area contributed by atoms with E-state index in [1.54, 1.807) is 0 Å². The molecule has 0 N–H and O–H groups in total. The Bertz CT molecular complexity index is 795. The summed E-state index contributed by atoms with van der Waals surface area (Å²) < 4.78 is 2.18. The molecule has 3 aromatic carbocycles. The van der Waals surface area contributed by atoms with Crippen molar-refractivity contribution in [1.82, 2.24) is 0 Å². The molecule has 0 radical (unpaired) electrons. The third kappa shape index (κ3) is 5.04. The Labute approximate surface area is 166 Å². The van der Waals surface area contributed by atoms with Crippen LogP contribution in [0.3, 0.4) is 0 Å². The number of allylic oxidation sites excluding steroid dienone is 2. The van der Waals surface area contributed by atoms with E-state index < -0.39 is 0 Å². The number of benzene rings is 3. The van der Waals surface area contributed by atoms with Gasteiger partial charge in [0, 0.05) is 14.9 Å². The number of hydrogen-bond donors (Lipinski definition) is 0. The van der Waals surface area contributed by atoms with E-state index >= 15 is 0 Å². The van der Waals surface area contributed by atoms with Crippen molar-refractivity contribution in [2.75, 3.05) is 0 Å². The summed E-state index contributed by atoms with van der Waals surface area (Å²) in [6.07, 6.45) is 4.49.